The van der Waals surface area contributed by atoms with Crippen molar-refractivity contribution in [2.24, 2.45) is 0 Å². The number of carbonyl (C=O) groups is 2. The van der Waals surface area contributed by atoms with E-state index in [2.05, 4.69) is 81.5 Å². The molecule has 0 aliphatic rings. The van der Waals surface area contributed by atoms with E-state index in [1.54, 1.807) is 0 Å². The van der Waals surface area contributed by atoms with Crippen LogP contribution in [0.25, 0.3) is 0 Å². The Morgan fingerprint density at radius 1 is 0.333 bits per heavy atom. The molecule has 1 unspecified atom stereocenters. The number of unbranched alkanes of at least 4 members (excludes halogenated alkanes) is 32. The largest absolute Gasteiger partial charge is 0.462 e. The van der Waals surface area contributed by atoms with Crippen LogP contribution in [0, 0.1) is 0 Å². The molecule has 0 spiro atoms. The molecule has 5 nitrogen and oxygen atoms in total. The molecule has 5 heteroatoms. The van der Waals surface area contributed by atoms with Gasteiger partial charge in [0.25, 0.3) is 0 Å². The summed E-state index contributed by atoms with van der Waals surface area (Å²) >= 11 is 0. The average Bonchev–Trinajstić information content (AvgIpc) is 3.32. The summed E-state index contributed by atoms with van der Waals surface area (Å²) < 4.78 is 17.5. The molecular formula is C61H110O5. The van der Waals surface area contributed by atoms with Crippen molar-refractivity contribution in [1.82, 2.24) is 0 Å². The maximum absolute atomic E-state index is 12.9. The summed E-state index contributed by atoms with van der Waals surface area (Å²) in [5.74, 6) is -0.405. The van der Waals surface area contributed by atoms with Crippen molar-refractivity contribution in [3.8, 4) is 0 Å². The molecule has 0 aliphatic heterocycles. The second-order valence-corrected chi connectivity index (χ2v) is 19.2. The summed E-state index contributed by atoms with van der Waals surface area (Å²) in [6.07, 6.45) is 72.3. The van der Waals surface area contributed by atoms with E-state index >= 15 is 0 Å². The van der Waals surface area contributed by atoms with Crippen LogP contribution in [0.1, 0.15) is 290 Å². The molecule has 0 radical (unpaired) electrons. The topological polar surface area (TPSA) is 61.8 Å². The highest BCUT2D eigenvalue weighted by Crippen LogP contribution is 2.16. The zero-order valence-corrected chi connectivity index (χ0v) is 44.2. The van der Waals surface area contributed by atoms with Crippen LogP contribution in [0.3, 0.4) is 0 Å². The number of hydrogen-bond donors (Lipinski definition) is 0. The second kappa shape index (κ2) is 56.9. The molecule has 0 aliphatic carbocycles. The van der Waals surface area contributed by atoms with Crippen molar-refractivity contribution in [3.05, 3.63) is 60.8 Å². The fourth-order valence-corrected chi connectivity index (χ4v) is 8.20. The third-order valence-electron chi connectivity index (χ3n) is 12.5. The van der Waals surface area contributed by atoms with E-state index < -0.39 is 6.10 Å². The maximum atomic E-state index is 12.9. The van der Waals surface area contributed by atoms with Gasteiger partial charge in [-0.2, -0.15) is 0 Å². The SMILES string of the molecule is CCCCC/C=C\C/C=C\C/C=C\CCCCCCCCC(=O)OCC(COCCCCCCCC/C=C\C/C=C\CCCCC)OC(=O)CCCCCCCCCCCCCCCCC. The van der Waals surface area contributed by atoms with Gasteiger partial charge in [0.15, 0.2) is 6.10 Å². The van der Waals surface area contributed by atoms with Gasteiger partial charge in [0.2, 0.25) is 0 Å². The first kappa shape index (κ1) is 63.6. The van der Waals surface area contributed by atoms with Crippen LogP contribution in [0.15, 0.2) is 60.8 Å². The Balaban J connectivity index is 4.29. The minimum Gasteiger partial charge on any atom is -0.462 e. The molecular weight excluding hydrogens is 813 g/mol. The Kier molecular flexibility index (Phi) is 54.9. The van der Waals surface area contributed by atoms with Gasteiger partial charge in [-0.25, -0.2) is 0 Å². The van der Waals surface area contributed by atoms with Crippen molar-refractivity contribution in [1.29, 1.82) is 0 Å². The van der Waals surface area contributed by atoms with Crippen molar-refractivity contribution >= 4 is 11.9 Å². The van der Waals surface area contributed by atoms with Crippen LogP contribution in [0.4, 0.5) is 0 Å². The van der Waals surface area contributed by atoms with Crippen molar-refractivity contribution in [3.63, 3.8) is 0 Å². The molecule has 1 atom stereocenters. The van der Waals surface area contributed by atoms with E-state index in [1.807, 2.05) is 0 Å². The standard InChI is InChI=1S/C61H110O5/c1-4-7-10-13-16-19-22-25-28-30-31-32-34-36-39-42-45-48-51-54-60(62)65-58-59(57-64-56-53-50-47-44-41-38-35-29-26-23-20-17-14-11-8-5-2)66-61(63)55-52-49-46-43-40-37-33-27-24-21-18-15-12-9-6-3/h16-17,19-20,25-26,28-29,31-32,59H,4-15,18,21-24,27,30,33-58H2,1-3H3/b19-16-,20-17-,28-25-,29-26-,32-31-. The summed E-state index contributed by atoms with van der Waals surface area (Å²) in [7, 11) is 0. The predicted molar refractivity (Wildman–Crippen MR) is 288 cm³/mol. The highest BCUT2D eigenvalue weighted by atomic mass is 16.6. The zero-order chi connectivity index (χ0) is 47.7. The molecule has 0 amide bonds. The lowest BCUT2D eigenvalue weighted by Crippen LogP contribution is -2.30. The van der Waals surface area contributed by atoms with Crippen LogP contribution in [0.2, 0.25) is 0 Å². The number of carbonyl (C=O) groups excluding carboxylic acids is 2. The molecule has 384 valence electrons. The molecule has 0 saturated carbocycles. The lowest BCUT2D eigenvalue weighted by atomic mass is 10.0. The van der Waals surface area contributed by atoms with Crippen LogP contribution >= 0.6 is 0 Å². The number of rotatable bonds is 53. The Labute approximate surface area is 411 Å². The number of esters is 2. The summed E-state index contributed by atoms with van der Waals surface area (Å²) in [6, 6.07) is 0. The van der Waals surface area contributed by atoms with E-state index in [0.717, 1.165) is 70.6 Å². The molecule has 0 fully saturated rings. The van der Waals surface area contributed by atoms with E-state index in [-0.39, 0.29) is 25.2 Å². The number of allylic oxidation sites excluding steroid dienone is 10. The van der Waals surface area contributed by atoms with Gasteiger partial charge in [0.05, 0.1) is 6.61 Å². The van der Waals surface area contributed by atoms with Gasteiger partial charge in [-0.1, -0.05) is 248 Å². The molecule has 0 N–H and O–H groups in total. The highest BCUT2D eigenvalue weighted by molar-refractivity contribution is 5.70. The molecule has 0 bridgehead atoms. The normalized spacial score (nSPS) is 12.6. The first-order chi connectivity index (χ1) is 32.6. The van der Waals surface area contributed by atoms with Gasteiger partial charge in [-0.3, -0.25) is 9.59 Å². The Bertz CT molecular complexity index is 1130. The summed E-state index contributed by atoms with van der Waals surface area (Å²) in [5.41, 5.74) is 0. The predicted octanol–water partition coefficient (Wildman–Crippen LogP) is 19.7. The summed E-state index contributed by atoms with van der Waals surface area (Å²) in [6.45, 7) is 7.78. The van der Waals surface area contributed by atoms with Gasteiger partial charge in [0, 0.05) is 19.4 Å². The van der Waals surface area contributed by atoms with Crippen LogP contribution < -0.4 is 0 Å². The monoisotopic (exact) mass is 923 g/mol. The minimum atomic E-state index is -0.547. The van der Waals surface area contributed by atoms with E-state index in [4.69, 9.17) is 14.2 Å². The van der Waals surface area contributed by atoms with E-state index in [0.29, 0.717) is 19.4 Å². The van der Waals surface area contributed by atoms with Crippen LogP contribution in [-0.2, 0) is 23.8 Å². The van der Waals surface area contributed by atoms with Crippen molar-refractivity contribution in [2.75, 3.05) is 19.8 Å². The Morgan fingerprint density at radius 3 is 1.05 bits per heavy atom. The second-order valence-electron chi connectivity index (χ2n) is 19.2. The molecule has 0 rings (SSSR count). The van der Waals surface area contributed by atoms with Gasteiger partial charge in [0.1, 0.15) is 6.61 Å². The lowest BCUT2D eigenvalue weighted by molar-refractivity contribution is -0.163. The number of ether oxygens (including phenoxy) is 3. The fourth-order valence-electron chi connectivity index (χ4n) is 8.20. The Hall–Kier alpha value is -2.40. The molecule has 0 heterocycles. The average molecular weight is 924 g/mol. The minimum absolute atomic E-state index is 0.0760. The summed E-state index contributed by atoms with van der Waals surface area (Å²) in [4.78, 5) is 25.5. The highest BCUT2D eigenvalue weighted by Gasteiger charge is 2.17. The van der Waals surface area contributed by atoms with Gasteiger partial charge >= 0.3 is 11.9 Å². The van der Waals surface area contributed by atoms with Crippen molar-refractivity contribution in [2.45, 2.75) is 297 Å². The van der Waals surface area contributed by atoms with Crippen LogP contribution in [-0.4, -0.2) is 37.9 Å². The third-order valence-corrected chi connectivity index (χ3v) is 12.5. The molecule has 0 aromatic rings. The lowest BCUT2D eigenvalue weighted by Gasteiger charge is -2.18. The van der Waals surface area contributed by atoms with Gasteiger partial charge in [-0.05, 0) is 89.9 Å². The molecule has 0 aromatic carbocycles. The van der Waals surface area contributed by atoms with Crippen LogP contribution in [0.5, 0.6) is 0 Å². The third kappa shape index (κ3) is 54.2. The van der Waals surface area contributed by atoms with Gasteiger partial charge < -0.3 is 14.2 Å². The van der Waals surface area contributed by atoms with Crippen molar-refractivity contribution < 1.29 is 23.8 Å². The van der Waals surface area contributed by atoms with E-state index in [9.17, 15) is 9.59 Å². The smallest absolute Gasteiger partial charge is 0.306 e. The molecule has 0 aromatic heterocycles. The fraction of sp³-hybridized carbons (Fsp3) is 0.803. The molecule has 0 saturated heterocycles. The zero-order valence-electron chi connectivity index (χ0n) is 44.2. The van der Waals surface area contributed by atoms with Gasteiger partial charge in [-0.15, -0.1) is 0 Å². The number of hydrogen-bond acceptors (Lipinski definition) is 5. The van der Waals surface area contributed by atoms with E-state index in [1.165, 1.54) is 186 Å². The Morgan fingerprint density at radius 2 is 0.636 bits per heavy atom. The first-order valence-electron chi connectivity index (χ1n) is 28.8. The summed E-state index contributed by atoms with van der Waals surface area (Å²) in [5, 5.41) is 0. The quantitative estimate of drug-likeness (QED) is 0.0346. The first-order valence-corrected chi connectivity index (χ1v) is 28.8. The molecule has 66 heavy (non-hydrogen) atoms. The maximum Gasteiger partial charge on any atom is 0.306 e.